The van der Waals surface area contributed by atoms with Gasteiger partial charge in [-0.05, 0) is 105 Å². The first-order valence-electron chi connectivity index (χ1n) is 13.1. The van der Waals surface area contributed by atoms with E-state index < -0.39 is 12.1 Å². The lowest BCUT2D eigenvalue weighted by molar-refractivity contribution is -0.142. The average Bonchev–Trinajstić information content (AvgIpc) is 3.32. The molecule has 2 N–H and O–H groups in total. The zero-order chi connectivity index (χ0) is 27.4. The van der Waals surface area contributed by atoms with Crippen molar-refractivity contribution in [2.75, 3.05) is 26.2 Å². The highest BCUT2D eigenvalue weighted by molar-refractivity contribution is 7.22. The lowest BCUT2D eigenvalue weighted by Crippen LogP contribution is -2.33. The number of rotatable bonds is 9. The second kappa shape index (κ2) is 12.0. The normalized spacial score (nSPS) is 14.7. The highest BCUT2D eigenvalue weighted by atomic mass is 32.1. The van der Waals surface area contributed by atoms with E-state index in [1.54, 1.807) is 54.6 Å². The summed E-state index contributed by atoms with van der Waals surface area (Å²) in [5.41, 5.74) is 1.85. The first-order valence-corrected chi connectivity index (χ1v) is 14.0. The fourth-order valence-electron chi connectivity index (χ4n) is 4.71. The van der Waals surface area contributed by atoms with E-state index in [4.69, 9.17) is 9.47 Å². The van der Waals surface area contributed by atoms with E-state index in [1.807, 2.05) is 12.1 Å². The number of aliphatic hydroxyl groups is 1. The van der Waals surface area contributed by atoms with E-state index >= 15 is 0 Å². The number of benzene rings is 3. The van der Waals surface area contributed by atoms with Gasteiger partial charge >= 0.3 is 5.97 Å². The van der Waals surface area contributed by atoms with Gasteiger partial charge in [0.2, 0.25) is 0 Å². The van der Waals surface area contributed by atoms with Crippen molar-refractivity contribution >= 4 is 33.2 Å². The summed E-state index contributed by atoms with van der Waals surface area (Å²) in [4.78, 5) is 28.7. The molecule has 2 heterocycles. The molecule has 0 amide bonds. The van der Waals surface area contributed by atoms with Crippen LogP contribution in [0.5, 0.6) is 17.2 Å². The van der Waals surface area contributed by atoms with Crippen LogP contribution in [0.2, 0.25) is 0 Å². The van der Waals surface area contributed by atoms with Gasteiger partial charge in [-0.3, -0.25) is 9.69 Å². The molecule has 202 valence electrons. The Morgan fingerprint density at radius 2 is 1.64 bits per heavy atom. The number of fused-ring (bicyclic) bond motifs is 1. The summed E-state index contributed by atoms with van der Waals surface area (Å²) in [6, 6.07) is 19.0. The second-order valence-electron chi connectivity index (χ2n) is 9.71. The minimum absolute atomic E-state index is 0.126. The molecule has 5 rings (SSSR count). The lowest BCUT2D eigenvalue weighted by atomic mass is 9.97. The molecule has 39 heavy (non-hydrogen) atoms. The van der Waals surface area contributed by atoms with Crippen LogP contribution in [0.4, 0.5) is 0 Å². The topological polar surface area (TPSA) is 96.3 Å². The third kappa shape index (κ3) is 6.30. The van der Waals surface area contributed by atoms with Crippen LogP contribution in [-0.2, 0) is 4.79 Å². The van der Waals surface area contributed by atoms with Gasteiger partial charge in [-0.1, -0.05) is 6.42 Å². The molecule has 1 unspecified atom stereocenters. The number of likely N-dealkylation sites (tertiary alicyclic amines) is 1. The van der Waals surface area contributed by atoms with Gasteiger partial charge in [0, 0.05) is 32.6 Å². The number of carbonyl (C=O) groups is 2. The fourth-order valence-corrected chi connectivity index (χ4v) is 5.95. The molecule has 1 saturated heterocycles. The maximum absolute atomic E-state index is 13.8. The predicted molar refractivity (Wildman–Crippen MR) is 152 cm³/mol. The zero-order valence-corrected chi connectivity index (χ0v) is 22.6. The molecule has 0 saturated carbocycles. The van der Waals surface area contributed by atoms with Gasteiger partial charge in [0.1, 0.15) is 30.0 Å². The largest absolute Gasteiger partial charge is 0.508 e. The minimum Gasteiger partial charge on any atom is -0.508 e. The lowest BCUT2D eigenvalue weighted by Gasteiger charge is -2.26. The van der Waals surface area contributed by atoms with E-state index in [0.717, 1.165) is 45.9 Å². The highest BCUT2D eigenvalue weighted by Gasteiger charge is 2.22. The van der Waals surface area contributed by atoms with Gasteiger partial charge in [-0.2, -0.15) is 0 Å². The van der Waals surface area contributed by atoms with Crippen LogP contribution in [0, 0.1) is 0 Å². The Labute approximate surface area is 231 Å². The minimum atomic E-state index is -1.23. The van der Waals surface area contributed by atoms with E-state index in [2.05, 4.69) is 4.90 Å². The third-order valence-corrected chi connectivity index (χ3v) is 8.02. The summed E-state index contributed by atoms with van der Waals surface area (Å²) < 4.78 is 11.9. The number of hydrogen-bond donors (Lipinski definition) is 2. The summed E-state index contributed by atoms with van der Waals surface area (Å²) in [6.07, 6.45) is 2.57. The fraction of sp³-hybridized carbons (Fsp3) is 0.290. The van der Waals surface area contributed by atoms with Crippen LogP contribution in [-0.4, -0.2) is 59.2 Å². The quantitative estimate of drug-likeness (QED) is 0.159. The van der Waals surface area contributed by atoms with E-state index in [1.165, 1.54) is 37.5 Å². The SMILES string of the molecule is CC(O)C(=O)Oc1ccc(-c2sc3cc(O)ccc3c2C(=O)c2ccc(OCCN3CCCCC3)cc2)cc1. The molecule has 3 aromatic carbocycles. The van der Waals surface area contributed by atoms with Crippen molar-refractivity contribution in [1.82, 2.24) is 4.90 Å². The van der Waals surface area contributed by atoms with Crippen LogP contribution in [0.25, 0.3) is 20.5 Å². The summed E-state index contributed by atoms with van der Waals surface area (Å²) in [5, 5.41) is 20.2. The Kier molecular flexibility index (Phi) is 8.26. The number of nitrogens with zero attached hydrogens (tertiary/aromatic N) is 1. The van der Waals surface area contributed by atoms with Gasteiger partial charge in [0.25, 0.3) is 0 Å². The van der Waals surface area contributed by atoms with Crippen molar-refractivity contribution in [3.63, 3.8) is 0 Å². The van der Waals surface area contributed by atoms with Crippen LogP contribution >= 0.6 is 11.3 Å². The summed E-state index contributed by atoms with van der Waals surface area (Å²) in [7, 11) is 0. The molecule has 4 aromatic rings. The van der Waals surface area contributed by atoms with Gasteiger partial charge in [-0.15, -0.1) is 11.3 Å². The van der Waals surface area contributed by atoms with Crippen LogP contribution in [0.3, 0.4) is 0 Å². The standard InChI is InChI=1S/C31H31NO6S/c1-20(33)31(36)38-25-12-7-22(8-13-25)30-28(26-14-9-23(34)19-27(26)39-30)29(35)21-5-10-24(11-6-21)37-18-17-32-15-3-2-4-16-32/h5-14,19-20,33-34H,2-4,15-18H2,1H3. The number of phenols is 1. The molecule has 8 heteroatoms. The first kappa shape index (κ1) is 26.9. The number of ketones is 1. The maximum Gasteiger partial charge on any atom is 0.340 e. The van der Waals surface area contributed by atoms with Crippen LogP contribution < -0.4 is 9.47 Å². The predicted octanol–water partition coefficient (Wildman–Crippen LogP) is 5.66. The summed E-state index contributed by atoms with van der Waals surface area (Å²) >= 11 is 1.41. The molecule has 1 aliphatic heterocycles. The van der Waals surface area contributed by atoms with Crippen LogP contribution in [0.15, 0.2) is 66.7 Å². The van der Waals surface area contributed by atoms with Crippen molar-refractivity contribution in [3.05, 3.63) is 77.9 Å². The number of carbonyl (C=O) groups excluding carboxylic acids is 2. The highest BCUT2D eigenvalue weighted by Crippen LogP contribution is 2.41. The number of aliphatic hydroxyl groups excluding tert-OH is 1. The molecule has 1 aliphatic rings. The monoisotopic (exact) mass is 545 g/mol. The molecule has 0 radical (unpaired) electrons. The molecular formula is C31H31NO6S. The molecule has 0 bridgehead atoms. The average molecular weight is 546 g/mol. The number of ether oxygens (including phenoxy) is 2. The number of hydrogen-bond acceptors (Lipinski definition) is 8. The molecule has 1 aromatic heterocycles. The molecular weight excluding hydrogens is 514 g/mol. The van der Waals surface area contributed by atoms with E-state index in [0.29, 0.717) is 23.5 Å². The molecule has 0 spiro atoms. The zero-order valence-electron chi connectivity index (χ0n) is 21.8. The Morgan fingerprint density at radius 1 is 0.949 bits per heavy atom. The Hall–Kier alpha value is -3.72. The smallest absolute Gasteiger partial charge is 0.340 e. The molecule has 0 aliphatic carbocycles. The van der Waals surface area contributed by atoms with Gasteiger partial charge in [0.05, 0.1) is 0 Å². The second-order valence-corrected chi connectivity index (χ2v) is 10.8. The number of phenolic OH excluding ortho intramolecular Hbond substituents is 1. The maximum atomic E-state index is 13.8. The van der Waals surface area contributed by atoms with Crippen LogP contribution in [0.1, 0.15) is 42.1 Å². The van der Waals surface area contributed by atoms with Gasteiger partial charge < -0.3 is 19.7 Å². The number of piperidine rings is 1. The van der Waals surface area contributed by atoms with Gasteiger partial charge in [0.15, 0.2) is 5.78 Å². The summed E-state index contributed by atoms with van der Waals surface area (Å²) in [5.74, 6) is 0.278. The van der Waals surface area contributed by atoms with Crippen molar-refractivity contribution in [3.8, 4) is 27.7 Å². The van der Waals surface area contributed by atoms with Crippen molar-refractivity contribution in [1.29, 1.82) is 0 Å². The van der Waals surface area contributed by atoms with Crippen molar-refractivity contribution < 1.29 is 29.3 Å². The Bertz CT molecular complexity index is 1450. The number of thiophene rings is 1. The number of esters is 1. The van der Waals surface area contributed by atoms with Crippen molar-refractivity contribution in [2.24, 2.45) is 0 Å². The molecule has 7 nitrogen and oxygen atoms in total. The first-order chi connectivity index (χ1) is 18.9. The number of aromatic hydroxyl groups is 1. The Balaban J connectivity index is 1.38. The Morgan fingerprint density at radius 3 is 2.33 bits per heavy atom. The molecule has 1 atom stereocenters. The third-order valence-electron chi connectivity index (χ3n) is 6.82. The van der Waals surface area contributed by atoms with Crippen molar-refractivity contribution in [2.45, 2.75) is 32.3 Å². The van der Waals surface area contributed by atoms with E-state index in [9.17, 15) is 19.8 Å². The summed E-state index contributed by atoms with van der Waals surface area (Å²) in [6.45, 7) is 5.10. The molecule has 1 fully saturated rings. The van der Waals surface area contributed by atoms with Gasteiger partial charge in [-0.25, -0.2) is 4.79 Å². The van der Waals surface area contributed by atoms with E-state index in [-0.39, 0.29) is 11.5 Å².